The summed E-state index contributed by atoms with van der Waals surface area (Å²) in [6, 6.07) is 5.28. The molecule has 0 spiro atoms. The van der Waals surface area contributed by atoms with E-state index in [1.807, 2.05) is 0 Å². The Morgan fingerprint density at radius 1 is 1.14 bits per heavy atom. The van der Waals surface area contributed by atoms with Crippen LogP contribution in [0.2, 0.25) is 10.0 Å². The first-order valence-corrected chi connectivity index (χ1v) is 7.64. The lowest BCUT2D eigenvalue weighted by Crippen LogP contribution is -2.36. The third kappa shape index (κ3) is 4.70. The van der Waals surface area contributed by atoms with Crippen LogP contribution in [-0.4, -0.2) is 22.3 Å². The number of nitrogens with zero attached hydrogens (tertiary/aromatic N) is 2. The maximum absolute atomic E-state index is 6.13. The molecule has 6 heteroatoms. The summed E-state index contributed by atoms with van der Waals surface area (Å²) in [7, 11) is 0. The minimum Gasteiger partial charge on any atom is -0.421 e. The Hall–Kier alpha value is -1.10. The predicted molar refractivity (Wildman–Crippen MR) is 85.8 cm³/mol. The molecule has 0 radical (unpaired) electrons. The number of aryl methyl sites for hydroxylation is 1. The lowest BCUT2D eigenvalue weighted by atomic mass is 10.1. The van der Waals surface area contributed by atoms with Gasteiger partial charge in [0.15, 0.2) is 0 Å². The number of rotatable bonds is 5. The number of hydrogen-bond donors (Lipinski definition) is 1. The van der Waals surface area contributed by atoms with Crippen molar-refractivity contribution in [2.24, 2.45) is 0 Å². The molecule has 0 atom stereocenters. The van der Waals surface area contributed by atoms with Gasteiger partial charge in [-0.05, 0) is 45.9 Å². The summed E-state index contributed by atoms with van der Waals surface area (Å²) in [5.74, 6) is 0.959. The molecule has 4 nitrogen and oxygen atoms in total. The zero-order chi connectivity index (χ0) is 15.5. The molecule has 0 fully saturated rings. The van der Waals surface area contributed by atoms with Gasteiger partial charge in [-0.2, -0.15) is 0 Å². The highest BCUT2D eigenvalue weighted by molar-refractivity contribution is 6.38. The first-order valence-electron chi connectivity index (χ1n) is 6.88. The van der Waals surface area contributed by atoms with E-state index in [2.05, 4.69) is 36.3 Å². The van der Waals surface area contributed by atoms with E-state index in [1.165, 1.54) is 0 Å². The Morgan fingerprint density at radius 2 is 1.81 bits per heavy atom. The Bertz CT molecular complexity index is 585. The number of benzene rings is 1. The Labute approximate surface area is 134 Å². The molecule has 0 aliphatic rings. The van der Waals surface area contributed by atoms with Crippen LogP contribution < -0.4 is 5.32 Å². The first-order chi connectivity index (χ1) is 9.87. The molecule has 0 saturated heterocycles. The minimum atomic E-state index is 0.116. The monoisotopic (exact) mass is 327 g/mol. The fourth-order valence-electron chi connectivity index (χ4n) is 1.86. The minimum absolute atomic E-state index is 0.116. The SMILES string of the molecule is CC(C)(C)NCCCc1nnc(-c2c(Cl)cccc2Cl)o1. The van der Waals surface area contributed by atoms with Crippen LogP contribution >= 0.6 is 23.2 Å². The Kier molecular flexibility index (Phi) is 5.25. The molecule has 0 bridgehead atoms. The van der Waals surface area contributed by atoms with Crippen LogP contribution in [-0.2, 0) is 6.42 Å². The van der Waals surface area contributed by atoms with Crippen LogP contribution in [0.15, 0.2) is 22.6 Å². The van der Waals surface area contributed by atoms with E-state index in [0.717, 1.165) is 19.4 Å². The molecule has 1 heterocycles. The van der Waals surface area contributed by atoms with E-state index < -0.39 is 0 Å². The molecule has 0 amide bonds. The van der Waals surface area contributed by atoms with Crippen molar-refractivity contribution in [3.63, 3.8) is 0 Å². The van der Waals surface area contributed by atoms with Crippen LogP contribution in [0.3, 0.4) is 0 Å². The van der Waals surface area contributed by atoms with Crippen LogP contribution in [0.1, 0.15) is 33.1 Å². The summed E-state index contributed by atoms with van der Waals surface area (Å²) in [6.07, 6.45) is 1.65. The lowest BCUT2D eigenvalue weighted by molar-refractivity contribution is 0.412. The van der Waals surface area contributed by atoms with Crippen molar-refractivity contribution in [2.75, 3.05) is 6.54 Å². The molecule has 1 aromatic carbocycles. The van der Waals surface area contributed by atoms with Crippen LogP contribution in [0, 0.1) is 0 Å². The molecule has 2 aromatic rings. The van der Waals surface area contributed by atoms with Crippen molar-refractivity contribution in [1.82, 2.24) is 15.5 Å². The molecule has 0 unspecified atom stereocenters. The zero-order valence-corrected chi connectivity index (χ0v) is 13.9. The fourth-order valence-corrected chi connectivity index (χ4v) is 2.42. The topological polar surface area (TPSA) is 51.0 Å². The quantitative estimate of drug-likeness (QED) is 0.829. The second-order valence-corrected chi connectivity index (χ2v) is 6.69. The first kappa shape index (κ1) is 16.3. The number of aromatic nitrogens is 2. The van der Waals surface area contributed by atoms with Gasteiger partial charge >= 0.3 is 0 Å². The van der Waals surface area contributed by atoms with Crippen molar-refractivity contribution in [3.8, 4) is 11.5 Å². The number of halogens is 2. The van der Waals surface area contributed by atoms with Crippen molar-refractivity contribution < 1.29 is 4.42 Å². The smallest absolute Gasteiger partial charge is 0.250 e. The normalized spacial score (nSPS) is 11.9. The molecule has 0 aliphatic heterocycles. The summed E-state index contributed by atoms with van der Waals surface area (Å²) in [5, 5.41) is 12.5. The van der Waals surface area contributed by atoms with E-state index in [1.54, 1.807) is 18.2 Å². The summed E-state index contributed by atoms with van der Waals surface area (Å²) in [5.41, 5.74) is 0.706. The Morgan fingerprint density at radius 3 is 2.43 bits per heavy atom. The third-order valence-corrected chi connectivity index (χ3v) is 3.50. The van der Waals surface area contributed by atoms with Crippen molar-refractivity contribution in [3.05, 3.63) is 34.1 Å². The summed E-state index contributed by atoms with van der Waals surface area (Å²) in [4.78, 5) is 0. The largest absolute Gasteiger partial charge is 0.421 e. The molecule has 114 valence electrons. The lowest BCUT2D eigenvalue weighted by Gasteiger charge is -2.19. The summed E-state index contributed by atoms with van der Waals surface area (Å²) < 4.78 is 5.64. The van der Waals surface area contributed by atoms with Gasteiger partial charge in [0, 0.05) is 12.0 Å². The van der Waals surface area contributed by atoms with Gasteiger partial charge in [0.1, 0.15) is 0 Å². The molecule has 21 heavy (non-hydrogen) atoms. The zero-order valence-electron chi connectivity index (χ0n) is 12.4. The molecular weight excluding hydrogens is 309 g/mol. The maximum Gasteiger partial charge on any atom is 0.250 e. The van der Waals surface area contributed by atoms with Gasteiger partial charge in [-0.1, -0.05) is 29.3 Å². The van der Waals surface area contributed by atoms with Gasteiger partial charge in [0.05, 0.1) is 15.6 Å². The number of hydrogen-bond acceptors (Lipinski definition) is 4. The van der Waals surface area contributed by atoms with E-state index in [0.29, 0.717) is 27.4 Å². The van der Waals surface area contributed by atoms with Crippen LogP contribution in [0.5, 0.6) is 0 Å². The number of nitrogens with one attached hydrogen (secondary N) is 1. The van der Waals surface area contributed by atoms with Crippen LogP contribution in [0.4, 0.5) is 0 Å². The van der Waals surface area contributed by atoms with E-state index >= 15 is 0 Å². The van der Waals surface area contributed by atoms with Gasteiger partial charge in [0.2, 0.25) is 5.89 Å². The van der Waals surface area contributed by atoms with Crippen molar-refractivity contribution >= 4 is 23.2 Å². The second kappa shape index (κ2) is 6.77. The molecule has 1 N–H and O–H groups in total. The average molecular weight is 328 g/mol. The van der Waals surface area contributed by atoms with Crippen LogP contribution in [0.25, 0.3) is 11.5 Å². The van der Waals surface area contributed by atoms with E-state index in [9.17, 15) is 0 Å². The van der Waals surface area contributed by atoms with E-state index in [4.69, 9.17) is 27.6 Å². The highest BCUT2D eigenvalue weighted by atomic mass is 35.5. The highest BCUT2D eigenvalue weighted by Gasteiger charge is 2.15. The van der Waals surface area contributed by atoms with Gasteiger partial charge in [-0.25, -0.2) is 0 Å². The van der Waals surface area contributed by atoms with Gasteiger partial charge in [0.25, 0.3) is 5.89 Å². The summed E-state index contributed by atoms with van der Waals surface area (Å²) in [6.45, 7) is 7.31. The van der Waals surface area contributed by atoms with Gasteiger partial charge in [-0.3, -0.25) is 0 Å². The molecule has 1 aromatic heterocycles. The van der Waals surface area contributed by atoms with Crippen molar-refractivity contribution in [1.29, 1.82) is 0 Å². The molecule has 0 aliphatic carbocycles. The third-order valence-electron chi connectivity index (χ3n) is 2.87. The van der Waals surface area contributed by atoms with Crippen molar-refractivity contribution in [2.45, 2.75) is 39.2 Å². The Balaban J connectivity index is 1.99. The molecule has 2 rings (SSSR count). The van der Waals surface area contributed by atoms with Gasteiger partial charge < -0.3 is 9.73 Å². The van der Waals surface area contributed by atoms with E-state index in [-0.39, 0.29) is 5.54 Å². The molecular formula is C15H19Cl2N3O. The maximum atomic E-state index is 6.13. The van der Waals surface area contributed by atoms with Gasteiger partial charge in [-0.15, -0.1) is 10.2 Å². The fraction of sp³-hybridized carbons (Fsp3) is 0.467. The summed E-state index contributed by atoms with van der Waals surface area (Å²) >= 11 is 12.3. The predicted octanol–water partition coefficient (Wildman–Crippen LogP) is 4.36. The second-order valence-electron chi connectivity index (χ2n) is 5.88. The average Bonchev–Trinajstić information content (AvgIpc) is 2.82. The highest BCUT2D eigenvalue weighted by Crippen LogP contribution is 2.33. The standard InChI is InChI=1S/C15H19Cl2N3O/c1-15(2,3)18-9-5-8-12-19-20-14(21-12)13-10(16)6-4-7-11(13)17/h4,6-7,18H,5,8-9H2,1-3H3. The molecule has 0 saturated carbocycles.